The van der Waals surface area contributed by atoms with Gasteiger partial charge in [-0.05, 0) is 6.07 Å². The van der Waals surface area contributed by atoms with E-state index in [9.17, 15) is 0 Å². The minimum Gasteiger partial charge on any atom is -0.333 e. The van der Waals surface area contributed by atoms with Crippen LogP contribution in [0.25, 0.3) is 11.0 Å². The van der Waals surface area contributed by atoms with Crippen LogP contribution in [0.2, 0.25) is 0 Å². The molecule has 0 atom stereocenters. The topological polar surface area (TPSA) is 41.6 Å². The number of nitrogens with one attached hydrogen (secondary N) is 1. The number of aromatic amines is 1. The highest BCUT2D eigenvalue weighted by molar-refractivity contribution is 8.00. The molecule has 0 bridgehead atoms. The Kier molecular flexibility index (Phi) is 2.23. The highest BCUT2D eigenvalue weighted by atomic mass is 32.2. The molecule has 4 heteroatoms. The van der Waals surface area contributed by atoms with Crippen molar-refractivity contribution in [3.63, 3.8) is 0 Å². The quantitative estimate of drug-likeness (QED) is 0.731. The van der Waals surface area contributed by atoms with Gasteiger partial charge >= 0.3 is 0 Å². The van der Waals surface area contributed by atoms with Gasteiger partial charge in [-0.2, -0.15) is 0 Å². The van der Waals surface area contributed by atoms with E-state index in [0.717, 1.165) is 16.2 Å². The van der Waals surface area contributed by atoms with Crippen molar-refractivity contribution in [3.05, 3.63) is 18.5 Å². The second kappa shape index (κ2) is 3.28. The first-order chi connectivity index (χ1) is 6.54. The first kappa shape index (κ1) is 9.52. The van der Waals surface area contributed by atoms with Crippen molar-refractivity contribution in [3.8, 4) is 0 Å². The molecule has 0 saturated carbocycles. The number of H-pyrrole nitrogens is 1. The fourth-order valence-corrected chi connectivity index (χ4v) is 2.06. The third-order valence-corrected chi connectivity index (χ3v) is 2.67. The van der Waals surface area contributed by atoms with Crippen LogP contribution in [0.15, 0.2) is 23.6 Å². The molecule has 0 unspecified atom stereocenters. The summed E-state index contributed by atoms with van der Waals surface area (Å²) in [6.07, 6.45) is 3.55. The van der Waals surface area contributed by atoms with E-state index in [4.69, 9.17) is 0 Å². The normalized spacial score (nSPS) is 12.2. The molecule has 0 amide bonds. The van der Waals surface area contributed by atoms with Gasteiger partial charge in [-0.25, -0.2) is 4.98 Å². The van der Waals surface area contributed by atoms with Crippen molar-refractivity contribution >= 4 is 22.8 Å². The smallest absolute Gasteiger partial charge is 0.166 e. The molecule has 2 rings (SSSR count). The summed E-state index contributed by atoms with van der Waals surface area (Å²) in [5.74, 6) is 0. The van der Waals surface area contributed by atoms with Crippen LogP contribution in [-0.2, 0) is 0 Å². The molecule has 0 spiro atoms. The SMILES string of the molecule is CC(C)(C)Sc1nc2cnccc2[nH]1. The van der Waals surface area contributed by atoms with Crippen molar-refractivity contribution in [1.82, 2.24) is 15.0 Å². The molecule has 0 aliphatic carbocycles. The molecule has 0 radical (unpaired) electrons. The van der Waals surface area contributed by atoms with Gasteiger partial charge in [0.05, 0.1) is 11.7 Å². The average molecular weight is 207 g/mol. The van der Waals surface area contributed by atoms with Gasteiger partial charge < -0.3 is 4.98 Å². The maximum absolute atomic E-state index is 4.44. The van der Waals surface area contributed by atoms with Crippen LogP contribution in [0.4, 0.5) is 0 Å². The Balaban J connectivity index is 2.36. The highest BCUT2D eigenvalue weighted by Crippen LogP contribution is 2.30. The molecule has 1 N–H and O–H groups in total. The number of hydrogen-bond acceptors (Lipinski definition) is 3. The number of aromatic nitrogens is 3. The van der Waals surface area contributed by atoms with Crippen LogP contribution < -0.4 is 0 Å². The van der Waals surface area contributed by atoms with Gasteiger partial charge in [0.2, 0.25) is 0 Å². The van der Waals surface area contributed by atoms with Crippen molar-refractivity contribution in [2.75, 3.05) is 0 Å². The Morgan fingerprint density at radius 2 is 2.14 bits per heavy atom. The molecule has 74 valence electrons. The molecular weight excluding hydrogens is 194 g/mol. The van der Waals surface area contributed by atoms with Gasteiger partial charge in [0, 0.05) is 10.9 Å². The fraction of sp³-hybridized carbons (Fsp3) is 0.400. The van der Waals surface area contributed by atoms with E-state index < -0.39 is 0 Å². The minimum absolute atomic E-state index is 0.182. The van der Waals surface area contributed by atoms with Crippen molar-refractivity contribution in [1.29, 1.82) is 0 Å². The van der Waals surface area contributed by atoms with E-state index in [2.05, 4.69) is 35.7 Å². The second-order valence-corrected chi connectivity index (χ2v) is 5.96. The van der Waals surface area contributed by atoms with E-state index in [1.807, 2.05) is 6.07 Å². The lowest BCUT2D eigenvalue weighted by Gasteiger charge is -2.14. The van der Waals surface area contributed by atoms with E-state index in [-0.39, 0.29) is 4.75 Å². The summed E-state index contributed by atoms with van der Waals surface area (Å²) < 4.78 is 0.182. The first-order valence-corrected chi connectivity index (χ1v) is 5.35. The lowest BCUT2D eigenvalue weighted by Crippen LogP contribution is -2.06. The van der Waals surface area contributed by atoms with Gasteiger partial charge in [-0.3, -0.25) is 4.98 Å². The Hall–Kier alpha value is -1.03. The van der Waals surface area contributed by atoms with E-state index >= 15 is 0 Å². The molecule has 0 aliphatic heterocycles. The molecule has 2 aromatic heterocycles. The average Bonchev–Trinajstić information content (AvgIpc) is 2.42. The minimum atomic E-state index is 0.182. The fourth-order valence-electron chi connectivity index (χ4n) is 1.17. The molecule has 0 aliphatic rings. The summed E-state index contributed by atoms with van der Waals surface area (Å²) in [5, 5.41) is 0.959. The molecule has 14 heavy (non-hydrogen) atoms. The highest BCUT2D eigenvalue weighted by Gasteiger charge is 2.14. The molecule has 3 nitrogen and oxygen atoms in total. The van der Waals surface area contributed by atoms with Crippen LogP contribution in [0, 0.1) is 0 Å². The maximum atomic E-state index is 4.44. The zero-order valence-corrected chi connectivity index (χ0v) is 9.35. The molecule has 2 heterocycles. The number of nitrogens with zero attached hydrogens (tertiary/aromatic N) is 2. The molecule has 2 aromatic rings. The number of imidazole rings is 1. The summed E-state index contributed by atoms with van der Waals surface area (Å²) in [4.78, 5) is 11.7. The van der Waals surface area contributed by atoms with Crippen LogP contribution in [-0.4, -0.2) is 19.7 Å². The van der Waals surface area contributed by atoms with Crippen molar-refractivity contribution < 1.29 is 0 Å². The Labute approximate surface area is 87.3 Å². The zero-order valence-electron chi connectivity index (χ0n) is 8.53. The summed E-state index contributed by atoms with van der Waals surface area (Å²) >= 11 is 1.73. The maximum Gasteiger partial charge on any atom is 0.166 e. The Bertz CT molecular complexity index is 409. The van der Waals surface area contributed by atoms with Crippen molar-refractivity contribution in [2.24, 2.45) is 0 Å². The van der Waals surface area contributed by atoms with Crippen LogP contribution >= 0.6 is 11.8 Å². The van der Waals surface area contributed by atoms with E-state index in [0.29, 0.717) is 0 Å². The largest absolute Gasteiger partial charge is 0.333 e. The summed E-state index contributed by atoms with van der Waals surface area (Å²) in [7, 11) is 0. The number of fused-ring (bicyclic) bond motifs is 1. The van der Waals surface area contributed by atoms with Gasteiger partial charge in [-0.1, -0.05) is 32.5 Å². The summed E-state index contributed by atoms with van der Waals surface area (Å²) in [5.41, 5.74) is 1.98. The predicted octanol–water partition coefficient (Wildman–Crippen LogP) is 2.85. The monoisotopic (exact) mass is 207 g/mol. The zero-order chi connectivity index (χ0) is 10.2. The van der Waals surface area contributed by atoms with E-state index in [1.165, 1.54) is 0 Å². The van der Waals surface area contributed by atoms with Crippen LogP contribution in [0.5, 0.6) is 0 Å². The second-order valence-electron chi connectivity index (χ2n) is 4.15. The molecule has 0 aromatic carbocycles. The summed E-state index contributed by atoms with van der Waals surface area (Å²) in [6, 6.07) is 1.94. The number of hydrogen-bond donors (Lipinski definition) is 1. The third-order valence-electron chi connectivity index (χ3n) is 1.67. The van der Waals surface area contributed by atoms with Crippen LogP contribution in [0.1, 0.15) is 20.8 Å². The lowest BCUT2D eigenvalue weighted by molar-refractivity contribution is 0.796. The van der Waals surface area contributed by atoms with E-state index in [1.54, 1.807) is 24.2 Å². The lowest BCUT2D eigenvalue weighted by atomic mass is 10.3. The third kappa shape index (κ3) is 2.07. The predicted molar refractivity (Wildman–Crippen MR) is 59.5 cm³/mol. The van der Waals surface area contributed by atoms with Crippen molar-refractivity contribution in [2.45, 2.75) is 30.7 Å². The van der Waals surface area contributed by atoms with Gasteiger partial charge in [0.15, 0.2) is 5.16 Å². The van der Waals surface area contributed by atoms with Crippen LogP contribution in [0.3, 0.4) is 0 Å². The first-order valence-electron chi connectivity index (χ1n) is 4.53. The Morgan fingerprint density at radius 3 is 2.79 bits per heavy atom. The number of pyridine rings is 1. The number of rotatable bonds is 1. The molecule has 0 saturated heterocycles. The molecule has 0 fully saturated rings. The Morgan fingerprint density at radius 1 is 1.36 bits per heavy atom. The number of thioether (sulfide) groups is 1. The standard InChI is InChI=1S/C10H13N3S/c1-10(2,3)14-9-12-7-4-5-11-6-8(7)13-9/h4-6H,1-3H3,(H,12,13). The van der Waals surface area contributed by atoms with Gasteiger partial charge in [0.25, 0.3) is 0 Å². The van der Waals surface area contributed by atoms with Gasteiger partial charge in [-0.15, -0.1) is 0 Å². The van der Waals surface area contributed by atoms with Gasteiger partial charge in [0.1, 0.15) is 5.52 Å². The molecular formula is C10H13N3S. The summed E-state index contributed by atoms with van der Waals surface area (Å²) in [6.45, 7) is 6.51.